The van der Waals surface area contributed by atoms with E-state index in [2.05, 4.69) is 12.2 Å². The van der Waals surface area contributed by atoms with Crippen LogP contribution in [0.3, 0.4) is 0 Å². The van der Waals surface area contributed by atoms with E-state index in [1.807, 2.05) is 6.92 Å². The number of hydrogen-bond acceptors (Lipinski definition) is 1. The average molecular weight is 239 g/mol. The van der Waals surface area contributed by atoms with Crippen molar-refractivity contribution in [1.29, 1.82) is 0 Å². The Bertz CT molecular complexity index is 372. The van der Waals surface area contributed by atoms with Gasteiger partial charge in [-0.2, -0.15) is 0 Å². The minimum atomic E-state index is -0.506. The Morgan fingerprint density at radius 1 is 1.18 bits per heavy atom. The minimum Gasteiger partial charge on any atom is -0.307 e. The van der Waals surface area contributed by atoms with Gasteiger partial charge in [-0.05, 0) is 49.8 Å². The number of nitrogens with one attached hydrogen (secondary N) is 1. The van der Waals surface area contributed by atoms with E-state index in [9.17, 15) is 8.78 Å². The molecule has 0 heterocycles. The van der Waals surface area contributed by atoms with Crippen molar-refractivity contribution in [3.05, 3.63) is 35.4 Å². The lowest BCUT2D eigenvalue weighted by molar-refractivity contribution is 0.445. The fourth-order valence-electron chi connectivity index (χ4n) is 2.63. The highest BCUT2D eigenvalue weighted by atomic mass is 19.1. The molecule has 1 aromatic carbocycles. The molecule has 0 amide bonds. The second-order valence-corrected chi connectivity index (χ2v) is 5.21. The Hall–Kier alpha value is -0.960. The maximum Gasteiger partial charge on any atom is 0.126 e. The third-order valence-corrected chi connectivity index (χ3v) is 3.57. The highest BCUT2D eigenvalue weighted by molar-refractivity contribution is 5.21. The molecule has 1 aliphatic rings. The van der Waals surface area contributed by atoms with E-state index in [0.717, 1.165) is 24.8 Å². The molecule has 1 aliphatic carbocycles. The van der Waals surface area contributed by atoms with Crippen LogP contribution in [0.2, 0.25) is 0 Å². The van der Waals surface area contributed by atoms with Crippen LogP contribution in [0.25, 0.3) is 0 Å². The molecule has 0 saturated heterocycles. The summed E-state index contributed by atoms with van der Waals surface area (Å²) in [6.45, 7) is 4.20. The molecule has 3 heteroatoms. The van der Waals surface area contributed by atoms with Gasteiger partial charge in [-0.3, -0.25) is 0 Å². The minimum absolute atomic E-state index is 0.00417. The molecule has 1 aromatic rings. The van der Waals surface area contributed by atoms with Gasteiger partial charge in [-0.25, -0.2) is 8.78 Å². The predicted octanol–water partition coefficient (Wildman–Crippen LogP) is 3.80. The van der Waals surface area contributed by atoms with Crippen molar-refractivity contribution in [1.82, 2.24) is 5.32 Å². The van der Waals surface area contributed by atoms with Gasteiger partial charge in [0.15, 0.2) is 0 Å². The fraction of sp³-hybridized carbons (Fsp3) is 0.571. The largest absolute Gasteiger partial charge is 0.307 e. The molecule has 0 aliphatic heterocycles. The Labute approximate surface area is 101 Å². The van der Waals surface area contributed by atoms with Crippen LogP contribution < -0.4 is 5.32 Å². The molecule has 0 spiro atoms. The van der Waals surface area contributed by atoms with E-state index in [-0.39, 0.29) is 6.04 Å². The van der Waals surface area contributed by atoms with Gasteiger partial charge < -0.3 is 5.32 Å². The Morgan fingerprint density at radius 3 is 2.35 bits per heavy atom. The summed E-state index contributed by atoms with van der Waals surface area (Å²) < 4.78 is 26.2. The first kappa shape index (κ1) is 12.5. The topological polar surface area (TPSA) is 12.0 Å². The summed E-state index contributed by atoms with van der Waals surface area (Å²) in [7, 11) is 0. The van der Waals surface area contributed by atoms with Crippen LogP contribution in [0, 0.1) is 17.6 Å². The normalized spacial score (nSPS) is 26.1. The monoisotopic (exact) mass is 239 g/mol. The lowest BCUT2D eigenvalue weighted by Crippen LogP contribution is -2.29. The van der Waals surface area contributed by atoms with Gasteiger partial charge in [0.25, 0.3) is 0 Å². The van der Waals surface area contributed by atoms with Crippen LogP contribution in [0.4, 0.5) is 8.78 Å². The summed E-state index contributed by atoms with van der Waals surface area (Å²) in [6, 6.07) is 4.19. The van der Waals surface area contributed by atoms with Gasteiger partial charge >= 0.3 is 0 Å². The smallest absolute Gasteiger partial charge is 0.126 e. The van der Waals surface area contributed by atoms with Crippen molar-refractivity contribution < 1.29 is 8.78 Å². The first-order valence-electron chi connectivity index (χ1n) is 6.26. The average Bonchev–Trinajstić information content (AvgIpc) is 2.62. The molecular formula is C14H19F2N. The van der Waals surface area contributed by atoms with Crippen LogP contribution in [0.5, 0.6) is 0 Å². The van der Waals surface area contributed by atoms with Crippen molar-refractivity contribution in [2.24, 2.45) is 5.92 Å². The summed E-state index contributed by atoms with van der Waals surface area (Å²) in [6.07, 6.45) is 3.55. The first-order valence-corrected chi connectivity index (χ1v) is 6.26. The van der Waals surface area contributed by atoms with Crippen LogP contribution in [0.15, 0.2) is 18.2 Å². The number of hydrogen-bond donors (Lipinski definition) is 1. The lowest BCUT2D eigenvalue weighted by atomic mass is 10.1. The third kappa shape index (κ3) is 3.25. The summed E-state index contributed by atoms with van der Waals surface area (Å²) >= 11 is 0. The predicted molar refractivity (Wildman–Crippen MR) is 64.7 cm³/mol. The van der Waals surface area contributed by atoms with Gasteiger partial charge in [0.2, 0.25) is 0 Å². The number of halogens is 2. The number of benzene rings is 1. The maximum atomic E-state index is 13.1. The second-order valence-electron chi connectivity index (χ2n) is 5.21. The molecule has 17 heavy (non-hydrogen) atoms. The van der Waals surface area contributed by atoms with Crippen molar-refractivity contribution in [3.8, 4) is 0 Å². The zero-order chi connectivity index (χ0) is 12.4. The molecule has 0 bridgehead atoms. The van der Waals surface area contributed by atoms with E-state index in [0.29, 0.717) is 11.6 Å². The molecule has 0 radical (unpaired) electrons. The molecule has 1 fully saturated rings. The van der Waals surface area contributed by atoms with Crippen LogP contribution in [-0.4, -0.2) is 6.04 Å². The summed E-state index contributed by atoms with van der Waals surface area (Å²) in [5.74, 6) is -0.258. The molecule has 2 rings (SSSR count). The molecule has 94 valence electrons. The van der Waals surface area contributed by atoms with Crippen LogP contribution in [-0.2, 0) is 0 Å². The molecule has 1 saturated carbocycles. The molecule has 3 unspecified atom stereocenters. The van der Waals surface area contributed by atoms with E-state index in [1.165, 1.54) is 18.6 Å². The Kier molecular flexibility index (Phi) is 3.77. The van der Waals surface area contributed by atoms with E-state index < -0.39 is 11.6 Å². The summed E-state index contributed by atoms with van der Waals surface area (Å²) in [4.78, 5) is 0. The number of rotatable bonds is 3. The molecule has 1 nitrogen and oxygen atoms in total. The van der Waals surface area contributed by atoms with Crippen LogP contribution >= 0.6 is 0 Å². The standard InChI is InChI=1S/C14H19F2N/c1-9-3-4-14(5-9)17-10(2)11-6-12(15)8-13(16)7-11/h6-10,14,17H,3-5H2,1-2H3. The summed E-state index contributed by atoms with van der Waals surface area (Å²) in [5.41, 5.74) is 0.682. The zero-order valence-corrected chi connectivity index (χ0v) is 10.3. The highest BCUT2D eigenvalue weighted by Gasteiger charge is 2.22. The Balaban J connectivity index is 2.01. The SMILES string of the molecule is CC1CCC(NC(C)c2cc(F)cc(F)c2)C1. The quantitative estimate of drug-likeness (QED) is 0.846. The van der Waals surface area contributed by atoms with Crippen molar-refractivity contribution in [3.63, 3.8) is 0 Å². The fourth-order valence-corrected chi connectivity index (χ4v) is 2.63. The van der Waals surface area contributed by atoms with Gasteiger partial charge in [0.05, 0.1) is 0 Å². The van der Waals surface area contributed by atoms with Gasteiger partial charge in [0.1, 0.15) is 11.6 Å². The van der Waals surface area contributed by atoms with E-state index >= 15 is 0 Å². The van der Waals surface area contributed by atoms with Gasteiger partial charge in [-0.1, -0.05) is 6.92 Å². The summed E-state index contributed by atoms with van der Waals surface area (Å²) in [5, 5.41) is 3.45. The first-order chi connectivity index (χ1) is 8.04. The molecule has 0 aromatic heterocycles. The lowest BCUT2D eigenvalue weighted by Gasteiger charge is -2.20. The highest BCUT2D eigenvalue weighted by Crippen LogP contribution is 2.27. The van der Waals surface area contributed by atoms with Crippen molar-refractivity contribution in [2.75, 3.05) is 0 Å². The van der Waals surface area contributed by atoms with Crippen molar-refractivity contribution >= 4 is 0 Å². The van der Waals surface area contributed by atoms with Gasteiger partial charge in [-0.15, -0.1) is 0 Å². The third-order valence-electron chi connectivity index (χ3n) is 3.57. The molecular weight excluding hydrogens is 220 g/mol. The van der Waals surface area contributed by atoms with E-state index in [4.69, 9.17) is 0 Å². The van der Waals surface area contributed by atoms with Gasteiger partial charge in [0, 0.05) is 18.2 Å². The maximum absolute atomic E-state index is 13.1. The van der Waals surface area contributed by atoms with Crippen LogP contribution in [0.1, 0.15) is 44.7 Å². The zero-order valence-electron chi connectivity index (χ0n) is 10.3. The Morgan fingerprint density at radius 2 is 1.82 bits per heavy atom. The molecule has 1 N–H and O–H groups in total. The molecule has 3 atom stereocenters. The second kappa shape index (κ2) is 5.13. The van der Waals surface area contributed by atoms with Crippen molar-refractivity contribution in [2.45, 2.75) is 45.2 Å². The van der Waals surface area contributed by atoms with E-state index in [1.54, 1.807) is 0 Å².